The first kappa shape index (κ1) is 25.5. The summed E-state index contributed by atoms with van der Waals surface area (Å²) in [6, 6.07) is 46.9. The Morgan fingerprint density at radius 3 is 2.22 bits per heavy atom. The van der Waals surface area contributed by atoms with Crippen molar-refractivity contribution in [2.24, 2.45) is 9.98 Å². The molecule has 1 unspecified atom stereocenters. The van der Waals surface area contributed by atoms with E-state index in [0.717, 1.165) is 56.0 Å². The minimum Gasteiger partial charge on any atom is -0.458 e. The Balaban J connectivity index is 1.18. The maximum Gasteiger partial charge on any atom is 0.148 e. The van der Waals surface area contributed by atoms with E-state index in [2.05, 4.69) is 131 Å². The molecule has 1 atom stereocenters. The number of allylic oxidation sites excluding steroid dienone is 1. The second-order valence-corrected chi connectivity index (χ2v) is 11.6. The molecule has 5 heteroatoms. The predicted molar refractivity (Wildman–Crippen MR) is 184 cm³/mol. The molecule has 45 heavy (non-hydrogen) atoms. The average Bonchev–Trinajstić information content (AvgIpc) is 3.50. The summed E-state index contributed by atoms with van der Waals surface area (Å²) in [5.41, 5.74) is 7.42. The molecule has 0 aliphatic carbocycles. The summed E-state index contributed by atoms with van der Waals surface area (Å²) in [6.07, 6.45) is 1.65. The van der Waals surface area contributed by atoms with Crippen LogP contribution in [0.5, 0.6) is 0 Å². The molecule has 5 nitrogen and oxygen atoms in total. The van der Waals surface area contributed by atoms with E-state index >= 15 is 0 Å². The number of furan rings is 1. The van der Waals surface area contributed by atoms with Crippen LogP contribution in [0.15, 0.2) is 154 Å². The average molecular weight is 581 g/mol. The Kier molecular flexibility index (Phi) is 5.88. The highest BCUT2D eigenvalue weighted by atomic mass is 16.3. The van der Waals surface area contributed by atoms with Gasteiger partial charge in [0, 0.05) is 28.3 Å². The molecule has 214 valence electrons. The van der Waals surface area contributed by atoms with Crippen molar-refractivity contribution in [3.8, 4) is 11.1 Å². The monoisotopic (exact) mass is 580 g/mol. The number of fused-ring (bicyclic) bond motifs is 5. The molecule has 2 aliphatic rings. The number of hydrogen-bond donors (Lipinski definition) is 2. The molecule has 2 aliphatic heterocycles. The molecule has 7 aromatic rings. The Bertz CT molecular complexity index is 2360. The Hall–Kier alpha value is -5.94. The van der Waals surface area contributed by atoms with Crippen molar-refractivity contribution in [2.45, 2.75) is 12.7 Å². The van der Waals surface area contributed by atoms with Crippen molar-refractivity contribution in [1.29, 1.82) is 0 Å². The molecular weight excluding hydrogens is 552 g/mol. The van der Waals surface area contributed by atoms with E-state index in [0.29, 0.717) is 6.54 Å². The van der Waals surface area contributed by atoms with Gasteiger partial charge in [0.05, 0.1) is 6.54 Å². The van der Waals surface area contributed by atoms with Gasteiger partial charge in [-0.2, -0.15) is 0 Å². The van der Waals surface area contributed by atoms with Crippen LogP contribution >= 0.6 is 0 Å². The smallest absolute Gasteiger partial charge is 0.148 e. The second kappa shape index (κ2) is 10.4. The summed E-state index contributed by atoms with van der Waals surface area (Å²) in [6.45, 7) is 0.519. The molecule has 9 rings (SSSR count). The minimum atomic E-state index is -0.304. The quantitative estimate of drug-likeness (QED) is 0.219. The van der Waals surface area contributed by atoms with Gasteiger partial charge >= 0.3 is 0 Å². The SMILES string of the molecule is C1=NCc2oc3ccccc3c2C1=C1NC(c2ccc3cc(-c4ccccc4)ccc3c2)=NC(c2ccc3ccccc3c2)N1. The predicted octanol–water partition coefficient (Wildman–Crippen LogP) is 9.00. The topological polar surface area (TPSA) is 61.9 Å². The Morgan fingerprint density at radius 1 is 0.622 bits per heavy atom. The van der Waals surface area contributed by atoms with Crippen LogP contribution in [0.2, 0.25) is 0 Å². The minimum absolute atomic E-state index is 0.304. The van der Waals surface area contributed by atoms with E-state index in [-0.39, 0.29) is 6.17 Å². The van der Waals surface area contributed by atoms with E-state index in [4.69, 9.17) is 9.41 Å². The van der Waals surface area contributed by atoms with Crippen LogP contribution in [-0.4, -0.2) is 12.1 Å². The van der Waals surface area contributed by atoms with E-state index in [1.165, 1.54) is 27.3 Å². The molecule has 6 aromatic carbocycles. The van der Waals surface area contributed by atoms with Crippen LogP contribution < -0.4 is 10.6 Å². The largest absolute Gasteiger partial charge is 0.458 e. The van der Waals surface area contributed by atoms with Gasteiger partial charge in [-0.1, -0.05) is 109 Å². The lowest BCUT2D eigenvalue weighted by molar-refractivity contribution is 0.549. The molecule has 0 saturated heterocycles. The van der Waals surface area contributed by atoms with Gasteiger partial charge < -0.3 is 15.1 Å². The number of nitrogens with zero attached hydrogens (tertiary/aromatic N) is 2. The summed E-state index contributed by atoms with van der Waals surface area (Å²) in [7, 11) is 0. The van der Waals surface area contributed by atoms with Crippen molar-refractivity contribution in [1.82, 2.24) is 10.6 Å². The van der Waals surface area contributed by atoms with Gasteiger partial charge in [0.15, 0.2) is 0 Å². The summed E-state index contributed by atoms with van der Waals surface area (Å²) in [5.74, 6) is 2.53. The molecule has 0 bridgehead atoms. The first-order chi connectivity index (χ1) is 22.3. The van der Waals surface area contributed by atoms with Gasteiger partial charge in [-0.05, 0) is 62.5 Å². The number of rotatable bonds is 3. The third-order valence-corrected chi connectivity index (χ3v) is 8.76. The molecule has 0 fully saturated rings. The molecular formula is C40H28N4O. The van der Waals surface area contributed by atoms with Gasteiger partial charge in [0.1, 0.15) is 29.2 Å². The van der Waals surface area contributed by atoms with Crippen molar-refractivity contribution in [3.63, 3.8) is 0 Å². The number of nitrogens with one attached hydrogen (secondary N) is 2. The fourth-order valence-corrected chi connectivity index (χ4v) is 6.49. The van der Waals surface area contributed by atoms with Gasteiger partial charge in [-0.3, -0.25) is 4.99 Å². The number of para-hydroxylation sites is 1. The fraction of sp³-hybridized carbons (Fsp3) is 0.0500. The molecule has 0 amide bonds. The standard InChI is InChI=1S/C40H28N4O/c1-2-8-25(9-3-1)28-15-16-30-22-32(19-17-29(30)20-28)39-42-38(31-18-14-26-10-4-5-11-27(26)21-31)43-40(44-39)34-23-41-24-36-37(34)33-12-6-7-13-35(33)45-36/h1-23,38,43H,24H2,(H,42,44). The molecule has 0 spiro atoms. The van der Waals surface area contributed by atoms with E-state index in [1.54, 1.807) is 0 Å². The third kappa shape index (κ3) is 4.48. The summed E-state index contributed by atoms with van der Waals surface area (Å²) >= 11 is 0. The summed E-state index contributed by atoms with van der Waals surface area (Å²) < 4.78 is 6.24. The van der Waals surface area contributed by atoms with Gasteiger partial charge in [0.2, 0.25) is 0 Å². The van der Waals surface area contributed by atoms with Crippen molar-refractivity contribution in [2.75, 3.05) is 0 Å². The maximum absolute atomic E-state index is 6.24. The molecule has 0 radical (unpaired) electrons. The third-order valence-electron chi connectivity index (χ3n) is 8.76. The first-order valence-corrected chi connectivity index (χ1v) is 15.2. The van der Waals surface area contributed by atoms with E-state index in [1.807, 2.05) is 24.4 Å². The summed E-state index contributed by atoms with van der Waals surface area (Å²) in [4.78, 5) is 9.93. The number of benzene rings is 6. The first-order valence-electron chi connectivity index (χ1n) is 15.2. The van der Waals surface area contributed by atoms with E-state index in [9.17, 15) is 0 Å². The van der Waals surface area contributed by atoms with Crippen LogP contribution in [0, 0.1) is 0 Å². The molecule has 3 heterocycles. The van der Waals surface area contributed by atoms with Gasteiger partial charge in [-0.15, -0.1) is 0 Å². The normalized spacial score (nSPS) is 17.6. The van der Waals surface area contributed by atoms with Crippen LogP contribution in [-0.2, 0) is 6.54 Å². The molecule has 0 saturated carbocycles. The zero-order valence-corrected chi connectivity index (χ0v) is 24.4. The highest BCUT2D eigenvalue weighted by molar-refractivity contribution is 6.18. The lowest BCUT2D eigenvalue weighted by Gasteiger charge is -2.29. The lowest BCUT2D eigenvalue weighted by Crippen LogP contribution is -2.41. The number of amidine groups is 1. The highest BCUT2D eigenvalue weighted by Crippen LogP contribution is 2.36. The van der Waals surface area contributed by atoms with Crippen LogP contribution in [0.3, 0.4) is 0 Å². The van der Waals surface area contributed by atoms with E-state index < -0.39 is 0 Å². The zero-order valence-electron chi connectivity index (χ0n) is 24.4. The van der Waals surface area contributed by atoms with Crippen molar-refractivity contribution >= 4 is 50.1 Å². The maximum atomic E-state index is 6.24. The summed E-state index contributed by atoms with van der Waals surface area (Å²) in [5, 5.41) is 13.2. The number of hydrogen-bond acceptors (Lipinski definition) is 5. The second-order valence-electron chi connectivity index (χ2n) is 11.6. The molecule has 2 N–H and O–H groups in total. The van der Waals surface area contributed by atoms with Crippen LogP contribution in [0.25, 0.3) is 49.2 Å². The fourth-order valence-electron chi connectivity index (χ4n) is 6.49. The van der Waals surface area contributed by atoms with Crippen molar-refractivity contribution < 1.29 is 4.42 Å². The highest BCUT2D eigenvalue weighted by Gasteiger charge is 2.27. The van der Waals surface area contributed by atoms with Crippen molar-refractivity contribution in [3.05, 3.63) is 162 Å². The van der Waals surface area contributed by atoms with Gasteiger partial charge in [-0.25, -0.2) is 4.99 Å². The van der Waals surface area contributed by atoms with Crippen LogP contribution in [0.1, 0.15) is 28.6 Å². The Labute approximate surface area is 260 Å². The lowest BCUT2D eigenvalue weighted by atomic mass is 9.98. The number of aliphatic imine (C=N–C) groups is 2. The molecule has 1 aromatic heterocycles. The zero-order chi connectivity index (χ0) is 29.7. The van der Waals surface area contributed by atoms with Crippen LogP contribution in [0.4, 0.5) is 0 Å². The Morgan fingerprint density at radius 2 is 1.33 bits per heavy atom. The van der Waals surface area contributed by atoms with Gasteiger partial charge in [0.25, 0.3) is 0 Å².